The van der Waals surface area contributed by atoms with Crippen LogP contribution < -0.4 is 10.6 Å². The number of amides is 2. The predicted molar refractivity (Wildman–Crippen MR) is 107 cm³/mol. The first-order chi connectivity index (χ1) is 13.1. The molecule has 0 unspecified atom stereocenters. The van der Waals surface area contributed by atoms with Gasteiger partial charge in [0, 0.05) is 35.2 Å². The third-order valence-corrected chi connectivity index (χ3v) is 5.03. The Hall–Kier alpha value is -2.79. The highest BCUT2D eigenvalue weighted by Crippen LogP contribution is 2.24. The molecule has 2 aromatic carbocycles. The summed E-state index contributed by atoms with van der Waals surface area (Å²) in [7, 11) is 0. The Morgan fingerprint density at radius 1 is 1.15 bits per heavy atom. The van der Waals surface area contributed by atoms with Crippen molar-refractivity contribution in [3.8, 4) is 0 Å². The van der Waals surface area contributed by atoms with Crippen LogP contribution in [0.3, 0.4) is 0 Å². The van der Waals surface area contributed by atoms with Crippen molar-refractivity contribution in [3.63, 3.8) is 0 Å². The normalized spacial score (nSPS) is 13.5. The number of H-pyrrole nitrogens is 1. The number of hydrogen-bond acceptors (Lipinski definition) is 2. The molecule has 3 aromatic rings. The lowest BCUT2D eigenvalue weighted by Gasteiger charge is -2.09. The average Bonchev–Trinajstić information content (AvgIpc) is 3.38. The van der Waals surface area contributed by atoms with Crippen molar-refractivity contribution < 1.29 is 9.59 Å². The molecule has 0 radical (unpaired) electrons. The van der Waals surface area contributed by atoms with E-state index in [1.54, 1.807) is 18.2 Å². The van der Waals surface area contributed by atoms with Gasteiger partial charge >= 0.3 is 0 Å². The number of carbonyl (C=O) groups is 2. The van der Waals surface area contributed by atoms with Gasteiger partial charge in [-0.25, -0.2) is 0 Å². The zero-order chi connectivity index (χ0) is 18.8. The summed E-state index contributed by atoms with van der Waals surface area (Å²) in [5, 5.41) is 7.28. The Balaban J connectivity index is 1.39. The number of aromatic amines is 1. The molecular formula is C21H20ClN3O2. The van der Waals surface area contributed by atoms with E-state index in [2.05, 4.69) is 15.6 Å². The number of rotatable bonds is 6. The summed E-state index contributed by atoms with van der Waals surface area (Å²) in [4.78, 5) is 27.8. The van der Waals surface area contributed by atoms with Crippen LogP contribution in [0.5, 0.6) is 0 Å². The molecule has 0 bridgehead atoms. The highest BCUT2D eigenvalue weighted by atomic mass is 35.5. The number of aryl methyl sites for hydroxylation is 1. The summed E-state index contributed by atoms with van der Waals surface area (Å²) >= 11 is 6.14. The van der Waals surface area contributed by atoms with Crippen molar-refractivity contribution in [2.24, 2.45) is 0 Å². The molecule has 27 heavy (non-hydrogen) atoms. The number of halogens is 1. The fourth-order valence-corrected chi connectivity index (χ4v) is 3.28. The molecule has 138 valence electrons. The smallest absolute Gasteiger partial charge is 0.253 e. The van der Waals surface area contributed by atoms with E-state index in [1.165, 1.54) is 0 Å². The number of carbonyl (C=O) groups excluding carboxylic acids is 2. The molecule has 1 aromatic heterocycles. The fourth-order valence-electron chi connectivity index (χ4n) is 3.08. The second-order valence-electron chi connectivity index (χ2n) is 6.85. The Morgan fingerprint density at radius 2 is 1.96 bits per heavy atom. The summed E-state index contributed by atoms with van der Waals surface area (Å²) in [6.45, 7) is 0. The van der Waals surface area contributed by atoms with Crippen LogP contribution in [0.25, 0.3) is 10.9 Å². The van der Waals surface area contributed by atoms with E-state index in [0.717, 1.165) is 29.3 Å². The highest BCUT2D eigenvalue weighted by Gasteiger charge is 2.24. The van der Waals surface area contributed by atoms with Gasteiger partial charge in [0.15, 0.2) is 0 Å². The number of benzene rings is 2. The van der Waals surface area contributed by atoms with Crippen molar-refractivity contribution in [1.29, 1.82) is 0 Å². The van der Waals surface area contributed by atoms with E-state index >= 15 is 0 Å². The average molecular weight is 382 g/mol. The van der Waals surface area contributed by atoms with E-state index < -0.39 is 0 Å². The topological polar surface area (TPSA) is 74.0 Å². The Labute approximate surface area is 162 Å². The summed E-state index contributed by atoms with van der Waals surface area (Å²) in [5.74, 6) is -0.298. The van der Waals surface area contributed by atoms with Crippen LogP contribution in [-0.4, -0.2) is 22.8 Å². The van der Waals surface area contributed by atoms with E-state index in [4.69, 9.17) is 11.6 Å². The summed E-state index contributed by atoms with van der Waals surface area (Å²) in [6, 6.07) is 13.3. The third kappa shape index (κ3) is 4.14. The van der Waals surface area contributed by atoms with Crippen LogP contribution in [-0.2, 0) is 11.2 Å². The first kappa shape index (κ1) is 17.6. The molecule has 1 aliphatic rings. The molecule has 0 aliphatic heterocycles. The fraction of sp³-hybridized carbons (Fsp3) is 0.238. The Kier molecular flexibility index (Phi) is 4.86. The molecule has 1 saturated carbocycles. The van der Waals surface area contributed by atoms with Gasteiger partial charge in [0.1, 0.15) is 0 Å². The van der Waals surface area contributed by atoms with E-state index in [1.807, 2.05) is 30.5 Å². The lowest BCUT2D eigenvalue weighted by atomic mass is 10.1. The largest absolute Gasteiger partial charge is 0.361 e. The lowest BCUT2D eigenvalue weighted by Crippen LogP contribution is -2.25. The molecule has 1 heterocycles. The number of nitrogens with one attached hydrogen (secondary N) is 3. The molecule has 5 nitrogen and oxygen atoms in total. The molecular weight excluding hydrogens is 362 g/mol. The van der Waals surface area contributed by atoms with Crippen molar-refractivity contribution >= 4 is 40.0 Å². The molecule has 1 fully saturated rings. The van der Waals surface area contributed by atoms with Crippen molar-refractivity contribution in [2.45, 2.75) is 31.7 Å². The molecule has 6 heteroatoms. The van der Waals surface area contributed by atoms with Gasteiger partial charge in [0.05, 0.1) is 10.6 Å². The standard InChI is InChI=1S/C21H20ClN3O2/c22-18-9-8-15(11-17(18)21(27)25-14-6-7-14)24-20(26)10-5-13-12-23-19-4-2-1-3-16(13)19/h1-4,8-9,11-12,14,23H,5-7,10H2,(H,24,26)(H,25,27). The quantitative estimate of drug-likeness (QED) is 0.596. The van der Waals surface area contributed by atoms with Crippen LogP contribution in [0.2, 0.25) is 5.02 Å². The van der Waals surface area contributed by atoms with Crippen LogP contribution >= 0.6 is 11.6 Å². The van der Waals surface area contributed by atoms with Gasteiger partial charge in [-0.1, -0.05) is 29.8 Å². The van der Waals surface area contributed by atoms with Gasteiger partial charge in [-0.15, -0.1) is 0 Å². The zero-order valence-electron chi connectivity index (χ0n) is 14.7. The maximum atomic E-state index is 12.3. The van der Waals surface area contributed by atoms with Gasteiger partial charge in [-0.2, -0.15) is 0 Å². The number of anilines is 1. The van der Waals surface area contributed by atoms with Gasteiger partial charge in [0.25, 0.3) is 5.91 Å². The van der Waals surface area contributed by atoms with Crippen LogP contribution in [0, 0.1) is 0 Å². The maximum absolute atomic E-state index is 12.3. The summed E-state index contributed by atoms with van der Waals surface area (Å²) in [6.07, 6.45) is 4.95. The monoisotopic (exact) mass is 381 g/mol. The summed E-state index contributed by atoms with van der Waals surface area (Å²) in [5.41, 5.74) is 3.14. The molecule has 0 saturated heterocycles. The van der Waals surface area contributed by atoms with Gasteiger partial charge in [-0.3, -0.25) is 9.59 Å². The SMILES string of the molecule is O=C(CCc1c[nH]c2ccccc12)Nc1ccc(Cl)c(C(=O)NC2CC2)c1. The van der Waals surface area contributed by atoms with Crippen LogP contribution in [0.4, 0.5) is 5.69 Å². The number of aromatic nitrogens is 1. The minimum Gasteiger partial charge on any atom is -0.361 e. The van der Waals surface area contributed by atoms with Gasteiger partial charge in [0.2, 0.25) is 5.91 Å². The predicted octanol–water partition coefficient (Wildman–Crippen LogP) is 4.28. The number of para-hydroxylation sites is 1. The number of fused-ring (bicyclic) bond motifs is 1. The third-order valence-electron chi connectivity index (χ3n) is 4.70. The molecule has 1 aliphatic carbocycles. The van der Waals surface area contributed by atoms with Crippen molar-refractivity contribution in [1.82, 2.24) is 10.3 Å². The minimum atomic E-state index is -0.197. The molecule has 3 N–H and O–H groups in total. The van der Waals surface area contributed by atoms with Gasteiger partial charge < -0.3 is 15.6 Å². The van der Waals surface area contributed by atoms with Crippen molar-refractivity contribution in [3.05, 3.63) is 64.8 Å². The van der Waals surface area contributed by atoms with E-state index in [-0.39, 0.29) is 17.9 Å². The number of hydrogen-bond donors (Lipinski definition) is 3. The Morgan fingerprint density at radius 3 is 2.78 bits per heavy atom. The zero-order valence-corrected chi connectivity index (χ0v) is 15.5. The molecule has 4 rings (SSSR count). The van der Waals surface area contributed by atoms with E-state index in [9.17, 15) is 9.59 Å². The molecule has 2 amide bonds. The van der Waals surface area contributed by atoms with Crippen LogP contribution in [0.15, 0.2) is 48.7 Å². The van der Waals surface area contributed by atoms with Crippen molar-refractivity contribution in [2.75, 3.05) is 5.32 Å². The maximum Gasteiger partial charge on any atom is 0.253 e. The second kappa shape index (κ2) is 7.45. The van der Waals surface area contributed by atoms with Gasteiger partial charge in [-0.05, 0) is 49.1 Å². The first-order valence-electron chi connectivity index (χ1n) is 9.05. The highest BCUT2D eigenvalue weighted by molar-refractivity contribution is 6.34. The molecule has 0 spiro atoms. The first-order valence-corrected chi connectivity index (χ1v) is 9.43. The minimum absolute atomic E-state index is 0.101. The molecule has 0 atom stereocenters. The second-order valence-corrected chi connectivity index (χ2v) is 7.26. The lowest BCUT2D eigenvalue weighted by molar-refractivity contribution is -0.116. The van der Waals surface area contributed by atoms with Crippen LogP contribution in [0.1, 0.15) is 35.2 Å². The summed E-state index contributed by atoms with van der Waals surface area (Å²) < 4.78 is 0. The Bertz CT molecular complexity index is 1010. The van der Waals surface area contributed by atoms with E-state index in [0.29, 0.717) is 29.1 Å².